The Morgan fingerprint density at radius 2 is 1.81 bits per heavy atom. The van der Waals surface area contributed by atoms with Gasteiger partial charge in [-0.1, -0.05) is 24.3 Å². The van der Waals surface area contributed by atoms with Crippen molar-refractivity contribution < 1.29 is 45.4 Å². The molecule has 2 aliphatic heterocycles. The van der Waals surface area contributed by atoms with E-state index in [9.17, 15) is 35.9 Å². The van der Waals surface area contributed by atoms with Crippen LogP contribution in [0.3, 0.4) is 0 Å². The molecular formula is C28H25F4N3O6S. The number of nitrogens with one attached hydrogen (secondary N) is 1. The number of alkyl halides is 4. The van der Waals surface area contributed by atoms with Gasteiger partial charge in [0.1, 0.15) is 11.6 Å². The van der Waals surface area contributed by atoms with Crippen LogP contribution < -0.4 is 10.1 Å². The van der Waals surface area contributed by atoms with Crippen molar-refractivity contribution in [3.05, 3.63) is 71.8 Å². The predicted molar refractivity (Wildman–Crippen MR) is 140 cm³/mol. The van der Waals surface area contributed by atoms with Crippen molar-refractivity contribution in [1.29, 1.82) is 0 Å². The molecule has 2 aromatic carbocycles. The maximum absolute atomic E-state index is 14.3. The first-order chi connectivity index (χ1) is 19.8. The van der Waals surface area contributed by atoms with Gasteiger partial charge in [-0.05, 0) is 67.6 Å². The predicted octanol–water partition coefficient (Wildman–Crippen LogP) is 4.57. The minimum Gasteiger partial charge on any atom is -0.409 e. The number of amides is 1. The van der Waals surface area contributed by atoms with E-state index in [1.165, 1.54) is 22.5 Å². The molecule has 2 fully saturated rings. The van der Waals surface area contributed by atoms with Crippen LogP contribution in [0.4, 0.5) is 23.4 Å². The Kier molecular flexibility index (Phi) is 6.79. The summed E-state index contributed by atoms with van der Waals surface area (Å²) in [4.78, 5) is 17.8. The second-order valence-corrected chi connectivity index (χ2v) is 12.3. The summed E-state index contributed by atoms with van der Waals surface area (Å²) in [5.41, 5.74) is -0.835. The number of aliphatic hydroxyl groups is 1. The number of aromatic nitrogens is 1. The number of benzene rings is 2. The zero-order valence-corrected chi connectivity index (χ0v) is 22.7. The van der Waals surface area contributed by atoms with Gasteiger partial charge in [0.2, 0.25) is 15.9 Å². The lowest BCUT2D eigenvalue weighted by Crippen LogP contribution is -2.41. The highest BCUT2D eigenvalue weighted by atomic mass is 32.2. The van der Waals surface area contributed by atoms with E-state index in [1.54, 1.807) is 30.3 Å². The third-order valence-corrected chi connectivity index (χ3v) is 9.75. The third-order valence-electron chi connectivity index (χ3n) is 7.79. The number of sulfonamides is 1. The van der Waals surface area contributed by atoms with E-state index in [2.05, 4.69) is 19.8 Å². The number of carbonyl (C=O) groups excluding carboxylic acids is 1. The van der Waals surface area contributed by atoms with Crippen molar-refractivity contribution in [1.82, 2.24) is 9.29 Å². The van der Waals surface area contributed by atoms with Crippen molar-refractivity contribution in [2.45, 2.75) is 54.4 Å². The monoisotopic (exact) mass is 607 g/mol. The maximum Gasteiger partial charge on any atom is 0.540 e. The molecule has 1 aliphatic carbocycles. The summed E-state index contributed by atoms with van der Waals surface area (Å²) < 4.78 is 90.5. The van der Waals surface area contributed by atoms with Crippen molar-refractivity contribution in [3.63, 3.8) is 0 Å². The summed E-state index contributed by atoms with van der Waals surface area (Å²) in [6, 6.07) is 13.7. The van der Waals surface area contributed by atoms with Gasteiger partial charge in [-0.3, -0.25) is 4.79 Å². The molecule has 0 unspecified atom stereocenters. The zero-order valence-electron chi connectivity index (χ0n) is 21.9. The molecule has 0 radical (unpaired) electrons. The highest BCUT2D eigenvalue weighted by Gasteiger charge is 2.57. The summed E-state index contributed by atoms with van der Waals surface area (Å²) in [7, 11) is -3.78. The summed E-state index contributed by atoms with van der Waals surface area (Å²) in [6.07, 6.45) is -6.87. The van der Waals surface area contributed by atoms with Crippen LogP contribution in [0.25, 0.3) is 11.3 Å². The van der Waals surface area contributed by atoms with Crippen LogP contribution in [0.1, 0.15) is 36.8 Å². The second-order valence-electron chi connectivity index (χ2n) is 10.5. The number of anilines is 1. The fraction of sp³-hybridized carbons (Fsp3) is 0.357. The average Bonchev–Trinajstić information content (AvgIpc) is 3.61. The SMILES string of the molecule is O=C(Nc1cccc(-c2ccc(S(=O)(=O)N3CCC[C@@H]3CO)cc2)n1)C1(c2ccc3c(c2)C(F)(F)OC(F)(F)O3)CC1. The van der Waals surface area contributed by atoms with E-state index in [0.29, 0.717) is 43.5 Å². The fourth-order valence-corrected chi connectivity index (χ4v) is 7.10. The molecule has 3 heterocycles. The molecule has 0 bridgehead atoms. The number of pyridine rings is 1. The Hall–Kier alpha value is -3.59. The lowest BCUT2D eigenvalue weighted by molar-refractivity contribution is -0.461. The highest BCUT2D eigenvalue weighted by molar-refractivity contribution is 7.89. The molecule has 9 nitrogen and oxygen atoms in total. The van der Waals surface area contributed by atoms with Crippen LogP contribution in [-0.2, 0) is 31.1 Å². The quantitative estimate of drug-likeness (QED) is 0.378. The number of ether oxygens (including phenoxy) is 2. The summed E-state index contributed by atoms with van der Waals surface area (Å²) >= 11 is 0. The number of hydrogen-bond donors (Lipinski definition) is 2. The van der Waals surface area contributed by atoms with Gasteiger partial charge in [-0.15, -0.1) is 8.78 Å². The molecule has 3 aliphatic rings. The first kappa shape index (κ1) is 28.5. The second kappa shape index (κ2) is 10.0. The number of nitrogens with zero attached hydrogens (tertiary/aromatic N) is 2. The standard InChI is InChI=1S/C28H25F4N3O6S/c29-27(30)21-15-18(8-11-23(21)40-28(31,32)41-27)26(12-13-26)25(37)34-24-5-1-4-22(33-24)17-6-9-20(10-7-17)42(38,39)35-14-2-3-19(35)16-36/h1,4-11,15,19,36H,2-3,12-14,16H2,(H,33,34,37)/t19-/m1/s1. The first-order valence-corrected chi connectivity index (χ1v) is 14.6. The Balaban J connectivity index is 1.20. The fourth-order valence-electron chi connectivity index (χ4n) is 5.41. The van der Waals surface area contributed by atoms with Crippen molar-refractivity contribution in [3.8, 4) is 17.0 Å². The van der Waals surface area contributed by atoms with E-state index < -0.39 is 51.1 Å². The van der Waals surface area contributed by atoms with Crippen LogP contribution in [-0.4, -0.2) is 54.2 Å². The van der Waals surface area contributed by atoms with E-state index in [4.69, 9.17) is 0 Å². The van der Waals surface area contributed by atoms with Gasteiger partial charge >= 0.3 is 12.4 Å². The molecule has 1 amide bonds. The number of hydrogen-bond acceptors (Lipinski definition) is 7. The maximum atomic E-state index is 14.3. The largest absolute Gasteiger partial charge is 0.540 e. The van der Waals surface area contributed by atoms with Gasteiger partial charge in [-0.25, -0.2) is 18.1 Å². The molecule has 1 saturated heterocycles. The molecule has 3 aromatic rings. The summed E-state index contributed by atoms with van der Waals surface area (Å²) in [5, 5.41) is 12.2. The number of rotatable bonds is 7. The molecule has 6 rings (SSSR count). The Morgan fingerprint density at radius 1 is 1.07 bits per heavy atom. The Bertz CT molecular complexity index is 1650. The lowest BCUT2D eigenvalue weighted by atomic mass is 9.92. The van der Waals surface area contributed by atoms with Gasteiger partial charge in [0.25, 0.3) is 0 Å². The summed E-state index contributed by atoms with van der Waals surface area (Å²) in [5.74, 6) is -1.07. The molecule has 1 aromatic heterocycles. The molecule has 0 spiro atoms. The van der Waals surface area contributed by atoms with Gasteiger partial charge in [0.05, 0.1) is 28.2 Å². The van der Waals surface area contributed by atoms with E-state index in [1.807, 2.05) is 0 Å². The van der Waals surface area contributed by atoms with Crippen LogP contribution in [0, 0.1) is 0 Å². The average molecular weight is 608 g/mol. The molecule has 14 heteroatoms. The topological polar surface area (TPSA) is 118 Å². The van der Waals surface area contributed by atoms with E-state index in [0.717, 1.165) is 12.1 Å². The lowest BCUT2D eigenvalue weighted by Gasteiger charge is -2.31. The van der Waals surface area contributed by atoms with Crippen molar-refractivity contribution >= 4 is 21.7 Å². The molecule has 42 heavy (non-hydrogen) atoms. The van der Waals surface area contributed by atoms with Gasteiger partial charge in [0.15, 0.2) is 0 Å². The number of aliphatic hydroxyl groups excluding tert-OH is 1. The third kappa shape index (κ3) is 5.02. The molecule has 222 valence electrons. The van der Waals surface area contributed by atoms with E-state index >= 15 is 0 Å². The number of halogens is 4. The van der Waals surface area contributed by atoms with Crippen LogP contribution in [0.2, 0.25) is 0 Å². The molecule has 1 saturated carbocycles. The normalized spacial score (nSPS) is 22.2. The van der Waals surface area contributed by atoms with Crippen LogP contribution in [0.15, 0.2) is 65.6 Å². The molecular weight excluding hydrogens is 582 g/mol. The van der Waals surface area contributed by atoms with E-state index in [-0.39, 0.29) is 22.9 Å². The molecule has 2 N–H and O–H groups in total. The van der Waals surface area contributed by atoms with Gasteiger partial charge in [-0.2, -0.15) is 13.1 Å². The van der Waals surface area contributed by atoms with Crippen LogP contribution >= 0.6 is 0 Å². The minimum absolute atomic E-state index is 0.0851. The summed E-state index contributed by atoms with van der Waals surface area (Å²) in [6.45, 7) is 0.0905. The highest BCUT2D eigenvalue weighted by Crippen LogP contribution is 2.53. The minimum atomic E-state index is -4.49. The van der Waals surface area contributed by atoms with Crippen molar-refractivity contribution in [2.24, 2.45) is 0 Å². The first-order valence-electron chi connectivity index (χ1n) is 13.2. The van der Waals surface area contributed by atoms with Crippen LogP contribution in [0.5, 0.6) is 5.75 Å². The smallest absolute Gasteiger partial charge is 0.409 e. The zero-order chi connectivity index (χ0) is 29.9. The van der Waals surface area contributed by atoms with Gasteiger partial charge in [0, 0.05) is 18.2 Å². The van der Waals surface area contributed by atoms with Crippen molar-refractivity contribution in [2.75, 3.05) is 18.5 Å². The number of fused-ring (bicyclic) bond motifs is 1. The number of carbonyl (C=O) groups is 1. The Labute approximate surface area is 238 Å². The Morgan fingerprint density at radius 3 is 2.50 bits per heavy atom. The molecule has 1 atom stereocenters. The van der Waals surface area contributed by atoms with Gasteiger partial charge < -0.3 is 15.2 Å².